The number of anilines is 1. The molecule has 0 atom stereocenters. The third kappa shape index (κ3) is 5.20. The molecular formula is C20H21F3N4O3. The van der Waals surface area contributed by atoms with Crippen LogP contribution in [0, 0.1) is 0 Å². The Morgan fingerprint density at radius 1 is 1.30 bits per heavy atom. The Bertz CT molecular complexity index is 1020. The van der Waals surface area contributed by atoms with E-state index in [1.165, 1.54) is 5.39 Å². The summed E-state index contributed by atoms with van der Waals surface area (Å²) in [6.07, 6.45) is -3.02. The van der Waals surface area contributed by atoms with Gasteiger partial charge >= 0.3 is 12.1 Å². The molecule has 0 saturated carbocycles. The number of benzene rings is 2. The summed E-state index contributed by atoms with van der Waals surface area (Å²) in [5.41, 5.74) is 2.15. The number of halogens is 3. The Morgan fingerprint density at radius 3 is 2.63 bits per heavy atom. The molecule has 0 spiro atoms. The highest BCUT2D eigenvalue weighted by molar-refractivity contribution is 5.94. The lowest BCUT2D eigenvalue weighted by atomic mass is 10.1. The van der Waals surface area contributed by atoms with E-state index in [0.29, 0.717) is 12.6 Å². The Hall–Kier alpha value is -3.27. The van der Waals surface area contributed by atoms with Crippen molar-refractivity contribution in [3.63, 3.8) is 0 Å². The first kappa shape index (κ1) is 21.4. The second-order valence-electron chi connectivity index (χ2n) is 6.65. The molecule has 0 unspecified atom stereocenters. The van der Waals surface area contributed by atoms with Gasteiger partial charge in [-0.3, -0.25) is 4.68 Å². The van der Waals surface area contributed by atoms with E-state index in [2.05, 4.69) is 63.0 Å². The summed E-state index contributed by atoms with van der Waals surface area (Å²) >= 11 is 0. The number of ether oxygens (including phenoxy) is 1. The zero-order valence-electron chi connectivity index (χ0n) is 16.1. The second kappa shape index (κ2) is 9.04. The van der Waals surface area contributed by atoms with Gasteiger partial charge in [0, 0.05) is 30.4 Å². The van der Waals surface area contributed by atoms with Gasteiger partial charge in [-0.15, -0.1) is 0 Å². The number of rotatable bonds is 5. The molecule has 0 radical (unpaired) electrons. The quantitative estimate of drug-likeness (QED) is 0.584. The number of hydrogen-bond acceptors (Lipinski definition) is 5. The van der Waals surface area contributed by atoms with Crippen molar-refractivity contribution in [2.24, 2.45) is 0 Å². The number of nitrogens with one attached hydrogen (secondary N) is 2. The molecule has 160 valence electrons. The van der Waals surface area contributed by atoms with E-state index in [4.69, 9.17) is 14.6 Å². The Morgan fingerprint density at radius 2 is 2.03 bits per heavy atom. The molecule has 0 bridgehead atoms. The highest BCUT2D eigenvalue weighted by Gasteiger charge is 2.38. The number of nitrogens with zero attached hydrogens (tertiary/aromatic N) is 2. The van der Waals surface area contributed by atoms with Crippen molar-refractivity contribution in [1.82, 2.24) is 15.1 Å². The maximum atomic E-state index is 10.6. The number of carboxylic acid groups (broad SMARTS) is 1. The average molecular weight is 422 g/mol. The summed E-state index contributed by atoms with van der Waals surface area (Å²) in [6, 6.07) is 15.0. The number of aliphatic carboxylic acids is 1. The minimum absolute atomic E-state index is 0.505. The average Bonchev–Trinajstić information content (AvgIpc) is 3.12. The van der Waals surface area contributed by atoms with Gasteiger partial charge in [0.1, 0.15) is 5.75 Å². The zero-order valence-corrected chi connectivity index (χ0v) is 16.1. The number of methoxy groups -OCH3 is 1. The molecule has 1 aromatic heterocycles. The summed E-state index contributed by atoms with van der Waals surface area (Å²) in [7, 11) is 1.69. The van der Waals surface area contributed by atoms with E-state index >= 15 is 0 Å². The predicted octanol–water partition coefficient (Wildman–Crippen LogP) is 3.43. The van der Waals surface area contributed by atoms with Crippen LogP contribution in [0.25, 0.3) is 10.8 Å². The fraction of sp³-hybridized carbons (Fsp3) is 0.300. The van der Waals surface area contributed by atoms with Gasteiger partial charge in [0.05, 0.1) is 25.4 Å². The fourth-order valence-electron chi connectivity index (χ4n) is 2.85. The van der Waals surface area contributed by atoms with E-state index < -0.39 is 12.1 Å². The topological polar surface area (TPSA) is 88.4 Å². The SMILES string of the molecule is COc1ccc2cccc(NCc3ccn(C4CNC4)n3)c2c1.O=C(O)C(F)(F)F. The van der Waals surface area contributed by atoms with Crippen LogP contribution in [0.1, 0.15) is 11.7 Å². The minimum atomic E-state index is -5.08. The third-order valence-electron chi connectivity index (χ3n) is 4.59. The number of fused-ring (bicyclic) bond motifs is 1. The number of aromatic nitrogens is 2. The lowest BCUT2D eigenvalue weighted by Gasteiger charge is -2.27. The number of alkyl halides is 3. The van der Waals surface area contributed by atoms with Gasteiger partial charge in [-0.05, 0) is 29.7 Å². The van der Waals surface area contributed by atoms with E-state index in [1.807, 2.05) is 6.07 Å². The van der Waals surface area contributed by atoms with Crippen molar-refractivity contribution in [2.45, 2.75) is 18.8 Å². The van der Waals surface area contributed by atoms with Gasteiger partial charge in [0.25, 0.3) is 0 Å². The molecule has 1 aliphatic rings. The van der Waals surface area contributed by atoms with Crippen LogP contribution in [0.4, 0.5) is 18.9 Å². The van der Waals surface area contributed by atoms with Crippen LogP contribution in [0.5, 0.6) is 5.75 Å². The zero-order chi connectivity index (χ0) is 21.7. The molecule has 1 aliphatic heterocycles. The largest absolute Gasteiger partial charge is 0.497 e. The molecule has 0 aliphatic carbocycles. The summed E-state index contributed by atoms with van der Waals surface area (Å²) in [6.45, 7) is 2.73. The summed E-state index contributed by atoms with van der Waals surface area (Å²) in [5.74, 6) is -1.89. The van der Waals surface area contributed by atoms with E-state index in [1.54, 1.807) is 7.11 Å². The van der Waals surface area contributed by atoms with Gasteiger partial charge < -0.3 is 20.5 Å². The monoisotopic (exact) mass is 422 g/mol. The highest BCUT2D eigenvalue weighted by atomic mass is 19.4. The summed E-state index contributed by atoms with van der Waals surface area (Å²) in [5, 5.41) is 20.9. The number of carboxylic acids is 1. The maximum absolute atomic E-state index is 10.6. The molecule has 4 rings (SSSR count). The molecule has 2 heterocycles. The van der Waals surface area contributed by atoms with Gasteiger partial charge in [-0.2, -0.15) is 18.3 Å². The van der Waals surface area contributed by atoms with Crippen molar-refractivity contribution in [3.05, 3.63) is 54.4 Å². The fourth-order valence-corrected chi connectivity index (χ4v) is 2.85. The molecule has 3 aromatic rings. The second-order valence-corrected chi connectivity index (χ2v) is 6.65. The van der Waals surface area contributed by atoms with Crippen LogP contribution in [0.3, 0.4) is 0 Å². The van der Waals surface area contributed by atoms with E-state index in [0.717, 1.165) is 35.6 Å². The smallest absolute Gasteiger partial charge is 0.490 e. The molecule has 2 aromatic carbocycles. The van der Waals surface area contributed by atoms with Crippen molar-refractivity contribution in [2.75, 3.05) is 25.5 Å². The van der Waals surface area contributed by atoms with Crippen molar-refractivity contribution >= 4 is 22.4 Å². The first-order valence-electron chi connectivity index (χ1n) is 9.13. The van der Waals surface area contributed by atoms with Crippen LogP contribution >= 0.6 is 0 Å². The maximum Gasteiger partial charge on any atom is 0.490 e. The minimum Gasteiger partial charge on any atom is -0.497 e. The Balaban J connectivity index is 0.000000318. The van der Waals surface area contributed by atoms with Gasteiger partial charge in [-0.1, -0.05) is 18.2 Å². The molecule has 7 nitrogen and oxygen atoms in total. The molecule has 10 heteroatoms. The number of carbonyl (C=O) groups is 1. The normalized spacial score (nSPS) is 13.9. The number of hydrogen-bond donors (Lipinski definition) is 3. The van der Waals surface area contributed by atoms with E-state index in [9.17, 15) is 13.2 Å². The van der Waals surface area contributed by atoms with Crippen molar-refractivity contribution in [1.29, 1.82) is 0 Å². The Labute approximate surface area is 170 Å². The third-order valence-corrected chi connectivity index (χ3v) is 4.59. The van der Waals surface area contributed by atoms with E-state index in [-0.39, 0.29) is 0 Å². The first-order valence-corrected chi connectivity index (χ1v) is 9.13. The lowest BCUT2D eigenvalue weighted by molar-refractivity contribution is -0.192. The van der Waals surface area contributed by atoms with Crippen molar-refractivity contribution < 1.29 is 27.8 Å². The molecule has 1 fully saturated rings. The first-order chi connectivity index (χ1) is 14.3. The van der Waals surface area contributed by atoms with Crippen LogP contribution in [-0.4, -0.2) is 47.2 Å². The predicted molar refractivity (Wildman–Crippen MR) is 106 cm³/mol. The van der Waals surface area contributed by atoms with Crippen molar-refractivity contribution in [3.8, 4) is 5.75 Å². The summed E-state index contributed by atoms with van der Waals surface area (Å²) in [4.78, 5) is 8.90. The Kier molecular flexibility index (Phi) is 6.46. The molecule has 3 N–H and O–H groups in total. The van der Waals surface area contributed by atoms with Crippen LogP contribution in [0.15, 0.2) is 48.7 Å². The highest BCUT2D eigenvalue weighted by Crippen LogP contribution is 2.27. The van der Waals surface area contributed by atoms with Gasteiger partial charge in [-0.25, -0.2) is 4.79 Å². The summed E-state index contributed by atoms with van der Waals surface area (Å²) < 4.78 is 39.1. The van der Waals surface area contributed by atoms with Crippen LogP contribution in [0.2, 0.25) is 0 Å². The van der Waals surface area contributed by atoms with Crippen LogP contribution < -0.4 is 15.4 Å². The molecular weight excluding hydrogens is 401 g/mol. The molecule has 1 saturated heterocycles. The standard InChI is InChI=1S/C18H20N4O.C2HF3O2/c1-23-16-6-5-13-3-2-4-18(17(13)9-16)20-10-14-7-8-22(21-14)15-11-19-12-15;3-2(4,5)1(6)7/h2-9,15,19-20H,10-12H2,1H3;(H,6,7). The molecule has 0 amide bonds. The van der Waals surface area contributed by atoms with Gasteiger partial charge in [0.15, 0.2) is 0 Å². The lowest BCUT2D eigenvalue weighted by Crippen LogP contribution is -2.43. The van der Waals surface area contributed by atoms with Gasteiger partial charge in [0.2, 0.25) is 0 Å². The molecule has 30 heavy (non-hydrogen) atoms. The van der Waals surface area contributed by atoms with Crippen LogP contribution in [-0.2, 0) is 11.3 Å².